The van der Waals surface area contributed by atoms with Gasteiger partial charge in [0.15, 0.2) is 11.5 Å². The van der Waals surface area contributed by atoms with Crippen molar-refractivity contribution in [2.45, 2.75) is 38.6 Å². The number of aromatic nitrogens is 5. The van der Waals surface area contributed by atoms with Crippen LogP contribution in [0.15, 0.2) is 42.9 Å². The van der Waals surface area contributed by atoms with Crippen LogP contribution >= 0.6 is 0 Å². The molecule has 1 saturated carbocycles. The summed E-state index contributed by atoms with van der Waals surface area (Å²) in [5.74, 6) is 1.27. The van der Waals surface area contributed by atoms with Crippen molar-refractivity contribution in [3.63, 3.8) is 0 Å². The van der Waals surface area contributed by atoms with E-state index in [0.717, 1.165) is 36.7 Å². The van der Waals surface area contributed by atoms with E-state index < -0.39 is 0 Å². The van der Waals surface area contributed by atoms with Crippen LogP contribution in [0.4, 0.5) is 5.82 Å². The quantitative estimate of drug-likeness (QED) is 0.472. The third kappa shape index (κ3) is 3.68. The molecular formula is C26H29N7O3. The van der Waals surface area contributed by atoms with E-state index in [1.807, 2.05) is 41.0 Å². The van der Waals surface area contributed by atoms with Crippen molar-refractivity contribution in [2.75, 3.05) is 26.0 Å². The van der Waals surface area contributed by atoms with Crippen LogP contribution in [0.3, 0.4) is 0 Å². The molecule has 4 aromatic rings. The molecule has 1 aromatic carbocycles. The molecule has 2 amide bonds. The zero-order chi connectivity index (χ0) is 25.0. The number of carbonyl (C=O) groups is 2. The van der Waals surface area contributed by atoms with Crippen molar-refractivity contribution in [3.8, 4) is 5.75 Å². The summed E-state index contributed by atoms with van der Waals surface area (Å²) in [4.78, 5) is 31.6. The Morgan fingerprint density at radius 2 is 2.17 bits per heavy atom. The standard InChI is InChI=1S/C26H29N7O3/c1-16-11-26(12-24(34)31(2)15-26)7-6-20(16)32-14-17-9-18(21(36-3)10-19(17)30-32)25(35)29-23-13-27-22-5-4-8-28-33(22)23/h4-5,8-10,13-14,16,20H,6-7,11-12,15H2,1-3H3,(H,29,35)/t16-,20-,26?/m0/s1. The van der Waals surface area contributed by atoms with Gasteiger partial charge in [-0.15, -0.1) is 0 Å². The molecule has 0 radical (unpaired) electrons. The van der Waals surface area contributed by atoms with Crippen LogP contribution in [0, 0.1) is 11.3 Å². The maximum Gasteiger partial charge on any atom is 0.260 e. The first-order valence-electron chi connectivity index (χ1n) is 12.3. The number of ether oxygens (including phenoxy) is 1. The van der Waals surface area contributed by atoms with Crippen molar-refractivity contribution < 1.29 is 14.3 Å². The SMILES string of the molecule is COc1cc2nn([C@H]3CCC4(CC(=O)N(C)C4)C[C@@H]3C)cc2cc1C(=O)Nc1cnc2cccnn12. The molecule has 2 aliphatic rings. The Bertz CT molecular complexity index is 1490. The number of nitrogens with zero attached hydrogens (tertiary/aromatic N) is 6. The molecule has 1 spiro atoms. The first-order chi connectivity index (χ1) is 17.4. The van der Waals surface area contributed by atoms with E-state index in [9.17, 15) is 9.59 Å². The molecule has 3 aromatic heterocycles. The van der Waals surface area contributed by atoms with Crippen molar-refractivity contribution in [1.82, 2.24) is 29.3 Å². The van der Waals surface area contributed by atoms with Gasteiger partial charge < -0.3 is 15.0 Å². The van der Waals surface area contributed by atoms with Crippen LogP contribution in [-0.4, -0.2) is 61.8 Å². The minimum Gasteiger partial charge on any atom is -0.496 e. The highest BCUT2D eigenvalue weighted by Gasteiger charge is 2.46. The Hall–Kier alpha value is -3.95. The first kappa shape index (κ1) is 22.5. The van der Waals surface area contributed by atoms with Gasteiger partial charge in [-0.05, 0) is 48.8 Å². The fourth-order valence-corrected chi connectivity index (χ4v) is 6.15. The van der Waals surface area contributed by atoms with Crippen LogP contribution in [0.2, 0.25) is 0 Å². The van der Waals surface area contributed by atoms with Crippen LogP contribution in [0.5, 0.6) is 5.75 Å². The molecule has 3 atom stereocenters. The summed E-state index contributed by atoms with van der Waals surface area (Å²) in [6.45, 7) is 3.10. The van der Waals surface area contributed by atoms with E-state index in [2.05, 4.69) is 22.3 Å². The van der Waals surface area contributed by atoms with Gasteiger partial charge in [0, 0.05) is 43.9 Å². The van der Waals surface area contributed by atoms with Gasteiger partial charge in [-0.25, -0.2) is 4.98 Å². The molecule has 1 unspecified atom stereocenters. The Labute approximate surface area is 208 Å². The summed E-state index contributed by atoms with van der Waals surface area (Å²) in [5.41, 5.74) is 1.94. The van der Waals surface area contributed by atoms with Gasteiger partial charge in [0.25, 0.3) is 5.91 Å². The highest BCUT2D eigenvalue weighted by atomic mass is 16.5. The number of rotatable bonds is 4. The van der Waals surface area contributed by atoms with Crippen molar-refractivity contribution in [1.29, 1.82) is 0 Å². The lowest BCUT2D eigenvalue weighted by molar-refractivity contribution is -0.126. The number of benzene rings is 1. The number of anilines is 1. The lowest BCUT2D eigenvalue weighted by Gasteiger charge is -2.40. The summed E-state index contributed by atoms with van der Waals surface area (Å²) in [7, 11) is 3.45. The summed E-state index contributed by atoms with van der Waals surface area (Å²) in [5, 5.41) is 12.9. The van der Waals surface area contributed by atoms with Gasteiger partial charge in [0.1, 0.15) is 5.75 Å². The number of hydrogen-bond donors (Lipinski definition) is 1. The van der Waals surface area contributed by atoms with Crippen LogP contribution in [0.25, 0.3) is 16.6 Å². The Morgan fingerprint density at radius 3 is 2.92 bits per heavy atom. The third-order valence-corrected chi connectivity index (χ3v) is 7.85. The lowest BCUT2D eigenvalue weighted by atomic mass is 9.67. The number of carbonyl (C=O) groups excluding carboxylic acids is 2. The highest BCUT2D eigenvalue weighted by molar-refractivity contribution is 6.08. The molecular weight excluding hydrogens is 458 g/mol. The van der Waals surface area contributed by atoms with E-state index >= 15 is 0 Å². The molecule has 6 rings (SSSR count). The topological polar surface area (TPSA) is 107 Å². The van der Waals surface area contributed by atoms with E-state index in [4.69, 9.17) is 9.84 Å². The molecule has 186 valence electrons. The number of amides is 2. The van der Waals surface area contributed by atoms with Gasteiger partial charge in [-0.2, -0.15) is 14.7 Å². The largest absolute Gasteiger partial charge is 0.496 e. The van der Waals surface area contributed by atoms with Crippen molar-refractivity contribution in [2.24, 2.45) is 11.3 Å². The van der Waals surface area contributed by atoms with Gasteiger partial charge in [-0.1, -0.05) is 6.92 Å². The Balaban J connectivity index is 1.26. The van der Waals surface area contributed by atoms with Crippen LogP contribution < -0.4 is 10.1 Å². The monoisotopic (exact) mass is 487 g/mol. The Kier molecular flexibility index (Phi) is 5.20. The molecule has 36 heavy (non-hydrogen) atoms. The number of imidazole rings is 1. The fourth-order valence-electron chi connectivity index (χ4n) is 6.15. The number of likely N-dealkylation sites (tertiary alicyclic amines) is 1. The van der Waals surface area contributed by atoms with E-state index in [0.29, 0.717) is 35.1 Å². The molecule has 0 bridgehead atoms. The predicted octanol–water partition coefficient (Wildman–Crippen LogP) is 3.55. The zero-order valence-electron chi connectivity index (χ0n) is 20.6. The molecule has 1 aliphatic heterocycles. The molecule has 1 aliphatic carbocycles. The maximum atomic E-state index is 13.2. The minimum absolute atomic E-state index is 0.0928. The molecule has 10 heteroatoms. The second-order valence-electron chi connectivity index (χ2n) is 10.3. The minimum atomic E-state index is -0.308. The summed E-state index contributed by atoms with van der Waals surface area (Å²) < 4.78 is 9.17. The maximum absolute atomic E-state index is 13.2. The summed E-state index contributed by atoms with van der Waals surface area (Å²) in [6.07, 6.45) is 8.89. The van der Waals surface area contributed by atoms with E-state index in [1.54, 1.807) is 30.1 Å². The fraction of sp³-hybridized carbons (Fsp3) is 0.423. The van der Waals surface area contributed by atoms with Crippen molar-refractivity contribution >= 4 is 34.2 Å². The summed E-state index contributed by atoms with van der Waals surface area (Å²) >= 11 is 0. The third-order valence-electron chi connectivity index (χ3n) is 7.85. The van der Waals surface area contributed by atoms with E-state index in [-0.39, 0.29) is 23.3 Å². The number of hydrogen-bond acceptors (Lipinski definition) is 6. The first-order valence-corrected chi connectivity index (χ1v) is 12.3. The van der Waals surface area contributed by atoms with Gasteiger partial charge in [0.2, 0.25) is 5.91 Å². The molecule has 10 nitrogen and oxygen atoms in total. The van der Waals surface area contributed by atoms with Crippen LogP contribution in [-0.2, 0) is 4.79 Å². The van der Waals surface area contributed by atoms with Gasteiger partial charge in [-0.3, -0.25) is 14.3 Å². The normalized spacial score (nSPS) is 24.2. The average molecular weight is 488 g/mol. The molecule has 1 N–H and O–H groups in total. The predicted molar refractivity (Wildman–Crippen MR) is 134 cm³/mol. The summed E-state index contributed by atoms with van der Waals surface area (Å²) in [6, 6.07) is 7.49. The second kappa shape index (κ2) is 8.32. The van der Waals surface area contributed by atoms with Gasteiger partial charge in [0.05, 0.1) is 30.4 Å². The molecule has 1 saturated heterocycles. The van der Waals surface area contributed by atoms with Crippen LogP contribution in [0.1, 0.15) is 49.0 Å². The van der Waals surface area contributed by atoms with Crippen molar-refractivity contribution in [3.05, 3.63) is 48.4 Å². The Morgan fingerprint density at radius 1 is 1.31 bits per heavy atom. The molecule has 4 heterocycles. The second-order valence-corrected chi connectivity index (χ2v) is 10.3. The number of fused-ring (bicyclic) bond motifs is 2. The smallest absolute Gasteiger partial charge is 0.260 e. The molecule has 2 fully saturated rings. The lowest BCUT2D eigenvalue weighted by Crippen LogP contribution is -2.35. The average Bonchev–Trinajstić information content (AvgIpc) is 3.53. The zero-order valence-corrected chi connectivity index (χ0v) is 20.6. The number of nitrogens with one attached hydrogen (secondary N) is 1. The number of methoxy groups -OCH3 is 1. The van der Waals surface area contributed by atoms with Gasteiger partial charge >= 0.3 is 0 Å². The highest BCUT2D eigenvalue weighted by Crippen LogP contribution is 2.49. The van der Waals surface area contributed by atoms with E-state index in [1.165, 1.54) is 0 Å².